The minimum atomic E-state index is 0.660. The Kier molecular flexibility index (Phi) is 18.6. The molecule has 31 aromatic rings. The zero-order valence-corrected chi connectivity index (χ0v) is 79.0. The summed E-state index contributed by atoms with van der Waals surface area (Å²) in [7, 11) is 0. The molecule has 10 nitrogen and oxygen atoms in total. The second-order valence-electron chi connectivity index (χ2n) is 38.2. The van der Waals surface area contributed by atoms with E-state index in [0.717, 1.165) is 83.3 Å². The summed E-state index contributed by atoms with van der Waals surface area (Å²) >= 11 is 0. The molecule has 0 atom stereocenters. The zero-order chi connectivity index (χ0) is 95.7. The van der Waals surface area contributed by atoms with Gasteiger partial charge in [-0.1, -0.05) is 358 Å². The summed E-state index contributed by atoms with van der Waals surface area (Å²) in [4.78, 5) is 21.1. The topological polar surface area (TPSA) is 81.1 Å². The highest BCUT2D eigenvalue weighted by Gasteiger charge is 2.29. The monoisotopic (exact) mass is 1860 g/mol. The van der Waals surface area contributed by atoms with Crippen LogP contribution in [-0.4, -0.2) is 47.3 Å². The van der Waals surface area contributed by atoms with Crippen LogP contribution >= 0.6 is 0 Å². The molecule has 1 aliphatic rings. The number of rotatable bonds is 10. The molecule has 0 fully saturated rings. The fourth-order valence-electron chi connectivity index (χ4n) is 23.9. The van der Waals surface area contributed by atoms with Gasteiger partial charge in [0.1, 0.15) is 0 Å². The molecule has 0 saturated carbocycles. The van der Waals surface area contributed by atoms with E-state index < -0.39 is 0 Å². The van der Waals surface area contributed by atoms with Gasteiger partial charge in [-0.2, -0.15) is 0 Å². The van der Waals surface area contributed by atoms with E-state index in [2.05, 4.69) is 525 Å². The molecule has 10 heteroatoms. The number of nitrogens with zero attached hydrogens (tertiary/aromatic N) is 10. The van der Waals surface area contributed by atoms with Crippen LogP contribution in [0.5, 0.6) is 0 Å². The third kappa shape index (κ3) is 12.8. The van der Waals surface area contributed by atoms with Crippen molar-refractivity contribution in [3.05, 3.63) is 510 Å². The van der Waals surface area contributed by atoms with Crippen LogP contribution in [0.15, 0.2) is 510 Å². The lowest BCUT2D eigenvalue weighted by molar-refractivity contribution is 1.01. The maximum atomic E-state index is 5.48. The molecule has 1 aliphatic carbocycles. The van der Waals surface area contributed by atoms with Gasteiger partial charge in [0.05, 0.1) is 94.3 Å². The van der Waals surface area contributed by atoms with Crippen LogP contribution in [0.25, 0.3) is 287 Å². The molecule has 8 heterocycles. The predicted octanol–water partition coefficient (Wildman–Crippen LogP) is 35.3. The summed E-state index contributed by atoms with van der Waals surface area (Å²) in [6, 6.07) is 183. The van der Waals surface area contributed by atoms with E-state index in [9.17, 15) is 0 Å². The molecule has 678 valence electrons. The van der Waals surface area contributed by atoms with E-state index in [1.54, 1.807) is 0 Å². The van der Waals surface area contributed by atoms with E-state index in [4.69, 9.17) is 19.9 Å². The van der Waals surface area contributed by atoms with Crippen molar-refractivity contribution in [1.29, 1.82) is 0 Å². The number of hydrogen-bond acceptors (Lipinski definition) is 4. The van der Waals surface area contributed by atoms with E-state index in [0.29, 0.717) is 11.9 Å². The van der Waals surface area contributed by atoms with Crippen LogP contribution in [0, 0.1) is 0 Å². The molecule has 0 spiro atoms. The van der Waals surface area contributed by atoms with Crippen LogP contribution in [0.3, 0.4) is 0 Å². The molecule has 0 saturated heterocycles. The second-order valence-corrected chi connectivity index (χ2v) is 38.2. The quantitative estimate of drug-likeness (QED) is 0.137. The summed E-state index contributed by atoms with van der Waals surface area (Å²) in [5.41, 5.74) is 34.6. The number of hydrogen-bond donors (Lipinski definition) is 0. The van der Waals surface area contributed by atoms with Gasteiger partial charge in [-0.3, -0.25) is 9.13 Å². The molecule has 32 rings (SSSR count). The van der Waals surface area contributed by atoms with Gasteiger partial charge in [-0.15, -0.1) is 0 Å². The van der Waals surface area contributed by atoms with Gasteiger partial charge in [0, 0.05) is 109 Å². The third-order valence-electron chi connectivity index (χ3n) is 30.3. The highest BCUT2D eigenvalue weighted by Crippen LogP contribution is 2.52. The Labute approximate surface area is 837 Å². The molecule has 0 unspecified atom stereocenters. The Morgan fingerprint density at radius 2 is 0.438 bits per heavy atom. The zero-order valence-electron chi connectivity index (χ0n) is 79.0. The average Bonchev–Trinajstić information content (AvgIpc) is 1.55. The van der Waals surface area contributed by atoms with Crippen molar-refractivity contribution >= 4 is 185 Å². The molecule has 8 aromatic heterocycles. The summed E-state index contributed by atoms with van der Waals surface area (Å²) in [6.45, 7) is 0. The van der Waals surface area contributed by atoms with Gasteiger partial charge in [0.15, 0.2) is 0 Å². The number of aromatic nitrogens is 10. The highest BCUT2D eigenvalue weighted by atomic mass is 15.2. The number of benzene rings is 23. The van der Waals surface area contributed by atoms with E-state index in [-0.39, 0.29) is 0 Å². The minimum Gasteiger partial charge on any atom is -0.309 e. The molecular weight excluding hydrogens is 1770 g/mol. The van der Waals surface area contributed by atoms with Crippen LogP contribution in [0.2, 0.25) is 0 Å². The van der Waals surface area contributed by atoms with E-state index in [1.165, 1.54) is 191 Å². The van der Waals surface area contributed by atoms with Gasteiger partial charge in [0.2, 0.25) is 11.9 Å². The summed E-state index contributed by atoms with van der Waals surface area (Å²) < 4.78 is 14.0. The first-order valence-corrected chi connectivity index (χ1v) is 49.9. The Morgan fingerprint density at radius 1 is 0.137 bits per heavy atom. The standard InChI is InChI=1S/C46H28N4.C46H28N2.C44H28N4/c1-2-14-32(15-3-1)49-39-21-11-9-18-35(39)36-25-22-31(28-42(36)49)45-37-19-8-10-20-38(37)47-46(48-45)50-40-26-23-29-12-4-6-16-33(29)43(40)44-34-17-7-5-13-30(34)24-27-41(44)50;1-2-11-31(12-3-1)47-41-19-8-6-15-34(41)39-27-29(21-24-44(39)47)30-22-25-45-40(28-30)35-16-7-9-20-42(35)48(45)43-26-23-37-33-14-5-4-13-32(33)36-17-10-18-38(43)46(36)37;1-3-13-29(14-4-1)43-35-19-7-10-20-38(35)45-44(46-43)48-40-22-12-9-18-34(40)37-28-31(24-26-42(37)48)30-23-25-41-36(27-30)33-17-8-11-21-39(33)47(41)32-15-5-2-6-16-32/h1-28H;2*1-28H. The van der Waals surface area contributed by atoms with Crippen LogP contribution in [0.1, 0.15) is 0 Å². The lowest BCUT2D eigenvalue weighted by Gasteiger charge is -2.13. The van der Waals surface area contributed by atoms with Gasteiger partial charge in [0.25, 0.3) is 0 Å². The van der Waals surface area contributed by atoms with E-state index in [1.807, 2.05) is 12.1 Å². The molecular formula is C136H84N10. The molecule has 146 heavy (non-hydrogen) atoms. The van der Waals surface area contributed by atoms with Gasteiger partial charge >= 0.3 is 0 Å². The van der Waals surface area contributed by atoms with Crippen LogP contribution < -0.4 is 0 Å². The van der Waals surface area contributed by atoms with E-state index >= 15 is 0 Å². The van der Waals surface area contributed by atoms with Crippen molar-refractivity contribution in [2.45, 2.75) is 0 Å². The largest absolute Gasteiger partial charge is 0.309 e. The van der Waals surface area contributed by atoms with Crippen molar-refractivity contribution in [3.8, 4) is 102 Å². The fourth-order valence-corrected chi connectivity index (χ4v) is 23.9. The Morgan fingerprint density at radius 3 is 0.897 bits per heavy atom. The summed E-state index contributed by atoms with van der Waals surface area (Å²) in [6.07, 6.45) is 0. The first-order valence-electron chi connectivity index (χ1n) is 49.9. The smallest absolute Gasteiger partial charge is 0.235 e. The highest BCUT2D eigenvalue weighted by molar-refractivity contribution is 6.29. The molecule has 0 radical (unpaired) electrons. The van der Waals surface area contributed by atoms with Crippen molar-refractivity contribution in [2.75, 3.05) is 0 Å². The van der Waals surface area contributed by atoms with Crippen LogP contribution in [0.4, 0.5) is 0 Å². The van der Waals surface area contributed by atoms with Gasteiger partial charge in [-0.25, -0.2) is 19.9 Å². The SMILES string of the molecule is c1ccc(-c2nc(-n3c4ccccc4c4cc(-c5ccc6c(c5)c5ccccc5n6-c5ccccc5)ccc43)nc3ccccc23)cc1.c1ccc(-n2c3ccccc3c3cc(-c4ccc5c(c4)c4ccccc4n5-c4ccc5c6c(cccc46)-c4ccccc4-5)ccc32)cc1.c1ccc(-n2c3ccccc3c3ccc(-c4nc(-n5c6ccc7ccccc7c6c6c7ccccc7ccc65)nc5ccccc45)cc32)cc1. The Bertz CT molecular complexity index is 10700. The molecule has 0 N–H and O–H groups in total. The first-order chi connectivity index (χ1) is 72.5. The Hall–Kier alpha value is -19.7. The lowest BCUT2D eigenvalue weighted by atomic mass is 10.00. The van der Waals surface area contributed by atoms with Crippen molar-refractivity contribution in [3.63, 3.8) is 0 Å². The summed E-state index contributed by atoms with van der Waals surface area (Å²) in [5.74, 6) is 1.33. The molecule has 0 bridgehead atoms. The van der Waals surface area contributed by atoms with Crippen molar-refractivity contribution < 1.29 is 0 Å². The lowest BCUT2D eigenvalue weighted by Crippen LogP contribution is -2.03. The van der Waals surface area contributed by atoms with Gasteiger partial charge < -0.3 is 18.3 Å². The first kappa shape index (κ1) is 82.2. The number of fused-ring (bicyclic) bond motifs is 27. The van der Waals surface area contributed by atoms with Gasteiger partial charge in [-0.05, 0) is 223 Å². The van der Waals surface area contributed by atoms with Crippen molar-refractivity contribution in [2.24, 2.45) is 0 Å². The molecule has 0 amide bonds. The normalized spacial score (nSPS) is 12.0. The number of para-hydroxylation sites is 10. The second kappa shape index (κ2) is 33.0. The van der Waals surface area contributed by atoms with Crippen molar-refractivity contribution in [1.82, 2.24) is 47.3 Å². The predicted molar refractivity (Wildman–Crippen MR) is 610 cm³/mol. The maximum absolute atomic E-state index is 5.48. The molecule has 23 aromatic carbocycles. The molecule has 0 aliphatic heterocycles. The van der Waals surface area contributed by atoms with Crippen LogP contribution in [-0.2, 0) is 0 Å². The Balaban J connectivity index is 0.000000102. The minimum absolute atomic E-state index is 0.660. The third-order valence-corrected chi connectivity index (χ3v) is 30.3. The average molecular weight is 1860 g/mol. The summed E-state index contributed by atoms with van der Waals surface area (Å²) in [5, 5.41) is 24.4. The maximum Gasteiger partial charge on any atom is 0.235 e. The fraction of sp³-hybridized carbons (Fsp3) is 0.